The zero-order chi connectivity index (χ0) is 37.9. The molecule has 7 fully saturated rings. The Morgan fingerprint density at radius 3 is 2.32 bits per heavy atom. The van der Waals surface area contributed by atoms with Crippen LogP contribution in [0.5, 0.6) is 0 Å². The Labute approximate surface area is 310 Å². The number of rotatable bonds is 5. The first kappa shape index (κ1) is 38.8. The lowest BCUT2D eigenvalue weighted by molar-refractivity contribution is -0.373. The number of ether oxygens (including phenoxy) is 6. The lowest BCUT2D eigenvalue weighted by Gasteiger charge is -2.60. The highest BCUT2D eigenvalue weighted by Gasteiger charge is 2.70. The molecule has 0 radical (unpaired) electrons. The van der Waals surface area contributed by atoms with Gasteiger partial charge < -0.3 is 69.3 Å². The Balaban J connectivity index is 1.01. The Morgan fingerprint density at radius 2 is 1.62 bits per heavy atom. The van der Waals surface area contributed by atoms with E-state index >= 15 is 0 Å². The summed E-state index contributed by atoms with van der Waals surface area (Å²) in [4.78, 5) is 0. The molecule has 300 valence electrons. The highest BCUT2D eigenvalue weighted by Crippen LogP contribution is 2.70. The van der Waals surface area contributed by atoms with Crippen LogP contribution < -0.4 is 0 Å². The molecule has 14 heteroatoms. The second kappa shape index (κ2) is 13.8. The molecule has 8 rings (SSSR count). The van der Waals surface area contributed by atoms with Crippen LogP contribution in [0, 0.1) is 40.4 Å². The van der Waals surface area contributed by atoms with E-state index in [1.54, 1.807) is 0 Å². The average molecular weight is 753 g/mol. The Bertz CT molecular complexity index is 1420. The predicted octanol–water partition coefficient (Wildman–Crippen LogP) is 0.252. The molecule has 4 aliphatic heterocycles. The molecule has 0 amide bonds. The fourth-order valence-electron chi connectivity index (χ4n) is 12.4. The molecule has 8 aliphatic rings. The summed E-state index contributed by atoms with van der Waals surface area (Å²) in [7, 11) is 0. The van der Waals surface area contributed by atoms with Gasteiger partial charge in [-0.3, -0.25) is 0 Å². The van der Waals surface area contributed by atoms with Crippen LogP contribution in [0.3, 0.4) is 0 Å². The fourth-order valence-corrected chi connectivity index (χ4v) is 12.4. The maximum atomic E-state index is 12.1. The van der Waals surface area contributed by atoms with Crippen LogP contribution in [0.15, 0.2) is 23.8 Å². The van der Waals surface area contributed by atoms with Gasteiger partial charge in [-0.1, -0.05) is 44.6 Å². The van der Waals surface area contributed by atoms with Gasteiger partial charge in [-0.15, -0.1) is 0 Å². The third-order valence-electron chi connectivity index (χ3n) is 15.5. The van der Waals surface area contributed by atoms with Crippen molar-refractivity contribution in [2.24, 2.45) is 40.4 Å². The number of hydrogen-bond donors (Lipinski definition) is 8. The molecule has 3 saturated carbocycles. The second-order valence-electron chi connectivity index (χ2n) is 18.0. The SMILES string of the molecule is C=C1CC[C@]2(OC1)O[C@@H]1C[C@H]3[C@@H]4CC=C5C[C@H](O[C@H]6O[C@@H](CO)[C@H](O)[C@@H](O)[C@@H]6O[C@H]6O[C@@H](C)[C@H](O)[C@@H](O)[C@@H]6O)[C@@H](O)[C@H](O)[C@]5(C)[C@H]4CC[C@@]3(C)[C@@H]1[C@H]2C. The number of aliphatic hydroxyl groups excluding tert-OH is 8. The molecule has 22 atom stereocenters. The number of hydrogen-bond acceptors (Lipinski definition) is 14. The molecule has 0 bridgehead atoms. The third kappa shape index (κ3) is 5.80. The molecule has 0 aromatic carbocycles. The third-order valence-corrected chi connectivity index (χ3v) is 15.5. The molecular formula is C39H60O14. The summed E-state index contributed by atoms with van der Waals surface area (Å²) in [5.74, 6) is 0.885. The van der Waals surface area contributed by atoms with Crippen molar-refractivity contribution < 1.29 is 69.3 Å². The van der Waals surface area contributed by atoms with Crippen molar-refractivity contribution in [1.29, 1.82) is 0 Å². The van der Waals surface area contributed by atoms with Crippen molar-refractivity contribution >= 4 is 0 Å². The molecule has 0 aromatic rings. The van der Waals surface area contributed by atoms with Gasteiger partial charge in [-0.25, -0.2) is 0 Å². The summed E-state index contributed by atoms with van der Waals surface area (Å²) in [6.07, 6.45) is -10.3. The smallest absolute Gasteiger partial charge is 0.187 e. The molecule has 4 heterocycles. The minimum absolute atomic E-state index is 0.0572. The maximum Gasteiger partial charge on any atom is 0.187 e. The van der Waals surface area contributed by atoms with Gasteiger partial charge in [0.25, 0.3) is 0 Å². The minimum atomic E-state index is -1.71. The molecule has 14 nitrogen and oxygen atoms in total. The van der Waals surface area contributed by atoms with Gasteiger partial charge in [0.2, 0.25) is 0 Å². The summed E-state index contributed by atoms with van der Waals surface area (Å²) >= 11 is 0. The second-order valence-corrected chi connectivity index (χ2v) is 18.0. The topological polar surface area (TPSA) is 217 Å². The van der Waals surface area contributed by atoms with Crippen LogP contribution in [0.25, 0.3) is 0 Å². The highest BCUT2D eigenvalue weighted by atomic mass is 16.8. The van der Waals surface area contributed by atoms with Crippen molar-refractivity contribution in [1.82, 2.24) is 0 Å². The van der Waals surface area contributed by atoms with Gasteiger partial charge in [0, 0.05) is 17.8 Å². The first-order chi connectivity index (χ1) is 25.1. The Kier molecular flexibility index (Phi) is 10.1. The standard InChI is InChI=1S/C39H60O14/c1-16-8-11-39(48-15-16)17(2)26-23(53-39)13-22-20-7-6-19-12-24(29(43)34(47)38(19,5)21(20)9-10-37(22,26)4)50-36-33(31(45)28(42)25(14-40)51-36)52-35-32(46)30(44)27(41)18(3)49-35/h6,17-18,20-36,40-47H,1,7-15H2,2-5H3/t17-,18+,20-,21+,22+,23-,24+,25+,26-,27+,28+,29-,30-,31-,32+,33+,34+,35-,36+,37-,38+,39+/m1/s1. The van der Waals surface area contributed by atoms with Crippen LogP contribution in [0.1, 0.15) is 72.6 Å². The highest BCUT2D eigenvalue weighted by molar-refractivity contribution is 5.30. The maximum absolute atomic E-state index is 12.1. The van der Waals surface area contributed by atoms with Crippen LogP contribution in [0.4, 0.5) is 0 Å². The van der Waals surface area contributed by atoms with E-state index in [4.69, 9.17) is 28.4 Å². The lowest BCUT2D eigenvalue weighted by atomic mass is 9.46. The monoisotopic (exact) mass is 752 g/mol. The molecular weight excluding hydrogens is 692 g/mol. The van der Waals surface area contributed by atoms with Gasteiger partial charge in [-0.2, -0.15) is 0 Å². The number of fused-ring (bicyclic) bond motifs is 7. The van der Waals surface area contributed by atoms with Crippen molar-refractivity contribution in [3.8, 4) is 0 Å². The average Bonchev–Trinajstić information content (AvgIpc) is 3.58. The predicted molar refractivity (Wildman–Crippen MR) is 184 cm³/mol. The first-order valence-corrected chi connectivity index (χ1v) is 19.7. The molecule has 1 spiro atoms. The van der Waals surface area contributed by atoms with Gasteiger partial charge in [0.05, 0.1) is 37.6 Å². The van der Waals surface area contributed by atoms with E-state index in [1.165, 1.54) is 6.92 Å². The van der Waals surface area contributed by atoms with E-state index in [-0.39, 0.29) is 29.8 Å². The summed E-state index contributed by atoms with van der Waals surface area (Å²) in [5.41, 5.74) is 1.43. The molecule has 4 saturated heterocycles. The van der Waals surface area contributed by atoms with Gasteiger partial charge in [0.15, 0.2) is 18.4 Å². The van der Waals surface area contributed by atoms with E-state index in [9.17, 15) is 40.9 Å². The Morgan fingerprint density at radius 1 is 0.868 bits per heavy atom. The van der Waals surface area contributed by atoms with E-state index in [2.05, 4.69) is 33.4 Å². The molecule has 0 unspecified atom stereocenters. The fraction of sp³-hybridized carbons (Fsp3) is 0.897. The van der Waals surface area contributed by atoms with Gasteiger partial charge in [-0.05, 0) is 74.5 Å². The van der Waals surface area contributed by atoms with E-state index in [0.717, 1.165) is 49.7 Å². The lowest BCUT2D eigenvalue weighted by Crippen LogP contribution is -2.66. The van der Waals surface area contributed by atoms with Crippen LogP contribution in [-0.4, -0.2) is 146 Å². The first-order valence-electron chi connectivity index (χ1n) is 19.7. The Hall–Kier alpha value is -1.08. The molecule has 8 N–H and O–H groups in total. The summed E-state index contributed by atoms with van der Waals surface area (Å²) in [6.45, 7) is 12.3. The zero-order valence-electron chi connectivity index (χ0n) is 31.1. The zero-order valence-corrected chi connectivity index (χ0v) is 31.1. The van der Waals surface area contributed by atoms with Crippen LogP contribution in [-0.2, 0) is 28.4 Å². The summed E-state index contributed by atoms with van der Waals surface area (Å²) in [5, 5.41) is 86.8. The van der Waals surface area contributed by atoms with E-state index in [1.807, 2.05) is 0 Å². The van der Waals surface area contributed by atoms with E-state index in [0.29, 0.717) is 24.4 Å². The van der Waals surface area contributed by atoms with Crippen molar-refractivity contribution in [2.45, 2.75) is 164 Å². The van der Waals surface area contributed by atoms with Gasteiger partial charge >= 0.3 is 0 Å². The van der Waals surface area contributed by atoms with Gasteiger partial charge in [0.1, 0.15) is 48.8 Å². The molecule has 4 aliphatic carbocycles. The largest absolute Gasteiger partial charge is 0.394 e. The molecule has 53 heavy (non-hydrogen) atoms. The molecule has 0 aromatic heterocycles. The minimum Gasteiger partial charge on any atom is -0.394 e. The summed E-state index contributed by atoms with van der Waals surface area (Å²) < 4.78 is 36.9. The normalized spacial score (nSPS) is 58.1. The number of aliphatic hydroxyl groups is 8. The van der Waals surface area contributed by atoms with Crippen LogP contribution in [0.2, 0.25) is 0 Å². The van der Waals surface area contributed by atoms with Crippen molar-refractivity contribution in [2.75, 3.05) is 13.2 Å². The van der Waals surface area contributed by atoms with Crippen LogP contribution >= 0.6 is 0 Å². The van der Waals surface area contributed by atoms with Crippen molar-refractivity contribution in [3.63, 3.8) is 0 Å². The van der Waals surface area contributed by atoms with E-state index < -0.39 is 97.5 Å². The summed E-state index contributed by atoms with van der Waals surface area (Å²) in [6, 6.07) is 0. The van der Waals surface area contributed by atoms with Crippen molar-refractivity contribution in [3.05, 3.63) is 23.8 Å². The quantitative estimate of drug-likeness (QED) is 0.177. The number of allylic oxidation sites excluding steroid dienone is 1.